The number of amidine groups is 1. The second-order valence-electron chi connectivity index (χ2n) is 9.07. The van der Waals surface area contributed by atoms with Gasteiger partial charge in [-0.3, -0.25) is 15.0 Å². The van der Waals surface area contributed by atoms with Gasteiger partial charge in [0.05, 0.1) is 24.5 Å². The van der Waals surface area contributed by atoms with Crippen LogP contribution in [0.5, 0.6) is 5.75 Å². The monoisotopic (exact) mass is 493 g/mol. The summed E-state index contributed by atoms with van der Waals surface area (Å²) in [5, 5.41) is 8.28. The highest BCUT2D eigenvalue weighted by atomic mass is 32.2. The Morgan fingerprint density at radius 1 is 1.14 bits per heavy atom. The van der Waals surface area contributed by atoms with Gasteiger partial charge in [0.15, 0.2) is 11.5 Å². The number of carbonyl (C=O) groups excluding carboxylic acids is 2. The third-order valence-corrected chi connectivity index (χ3v) is 7.91. The Balaban J connectivity index is 1.27. The molecule has 2 N–H and O–H groups in total. The first-order valence-corrected chi connectivity index (χ1v) is 13.2. The highest BCUT2D eigenvalue weighted by Gasteiger charge is 2.50. The molecule has 184 valence electrons. The van der Waals surface area contributed by atoms with Crippen molar-refractivity contribution in [3.8, 4) is 5.75 Å². The zero-order valence-corrected chi connectivity index (χ0v) is 20.7. The van der Waals surface area contributed by atoms with Crippen molar-refractivity contribution in [2.45, 2.75) is 44.4 Å². The lowest BCUT2D eigenvalue weighted by atomic mass is 9.81. The van der Waals surface area contributed by atoms with Crippen LogP contribution in [0.15, 0.2) is 59.7 Å². The molecular formula is C26H31N5O3S. The summed E-state index contributed by atoms with van der Waals surface area (Å²) in [5.74, 6) is 0.912. The minimum Gasteiger partial charge on any atom is -0.495 e. The Labute approximate surface area is 210 Å². The van der Waals surface area contributed by atoms with Gasteiger partial charge in [-0.2, -0.15) is 5.10 Å². The van der Waals surface area contributed by atoms with E-state index in [0.717, 1.165) is 37.3 Å². The molecule has 1 saturated carbocycles. The fraction of sp³-hybridized carbons (Fsp3) is 0.423. The average molecular weight is 494 g/mol. The van der Waals surface area contributed by atoms with Crippen LogP contribution in [0.1, 0.15) is 31.2 Å². The molecule has 2 aromatic rings. The molecule has 8 nitrogen and oxygen atoms in total. The Bertz CT molecular complexity index is 1100. The molecule has 2 fully saturated rings. The SMILES string of the molecule is COc1ccccc1NC(=O)CSC1=NNC2N(CCc3ccccc3)C(=O)C3CCCCC3N12. The zero-order chi connectivity index (χ0) is 24.2. The lowest BCUT2D eigenvalue weighted by Crippen LogP contribution is -2.67. The van der Waals surface area contributed by atoms with Crippen molar-refractivity contribution in [3.05, 3.63) is 60.2 Å². The summed E-state index contributed by atoms with van der Waals surface area (Å²) in [5.41, 5.74) is 5.05. The molecule has 5 rings (SSSR count). The van der Waals surface area contributed by atoms with Crippen molar-refractivity contribution in [3.63, 3.8) is 0 Å². The predicted octanol–water partition coefficient (Wildman–Crippen LogP) is 3.47. The molecule has 35 heavy (non-hydrogen) atoms. The van der Waals surface area contributed by atoms with Gasteiger partial charge in [-0.25, -0.2) is 0 Å². The van der Waals surface area contributed by atoms with E-state index in [1.165, 1.54) is 17.3 Å². The van der Waals surface area contributed by atoms with Gasteiger partial charge in [-0.05, 0) is 37.0 Å². The number of hydrogen-bond donors (Lipinski definition) is 2. The second kappa shape index (κ2) is 10.6. The average Bonchev–Trinajstić information content (AvgIpc) is 3.32. The van der Waals surface area contributed by atoms with E-state index in [4.69, 9.17) is 4.74 Å². The number of anilines is 1. The molecule has 0 aromatic heterocycles. The summed E-state index contributed by atoms with van der Waals surface area (Å²) in [6, 6.07) is 17.7. The summed E-state index contributed by atoms with van der Waals surface area (Å²) in [4.78, 5) is 30.4. The van der Waals surface area contributed by atoms with Crippen LogP contribution in [0.25, 0.3) is 0 Å². The number of amides is 2. The molecule has 0 spiro atoms. The van der Waals surface area contributed by atoms with Crippen molar-refractivity contribution in [1.82, 2.24) is 15.2 Å². The quantitative estimate of drug-likeness (QED) is 0.614. The normalized spacial score (nSPS) is 23.2. The van der Waals surface area contributed by atoms with Crippen molar-refractivity contribution < 1.29 is 14.3 Å². The zero-order valence-electron chi connectivity index (χ0n) is 19.9. The van der Waals surface area contributed by atoms with Crippen LogP contribution in [0.3, 0.4) is 0 Å². The summed E-state index contributed by atoms with van der Waals surface area (Å²) in [6.07, 6.45) is 4.54. The number of carbonyl (C=O) groups is 2. The molecule has 0 radical (unpaired) electrons. The number of methoxy groups -OCH3 is 1. The summed E-state index contributed by atoms with van der Waals surface area (Å²) >= 11 is 1.41. The number of thioether (sulfide) groups is 1. The molecule has 1 aliphatic carbocycles. The largest absolute Gasteiger partial charge is 0.495 e. The molecule has 9 heteroatoms. The molecular weight excluding hydrogens is 462 g/mol. The van der Waals surface area contributed by atoms with Crippen LogP contribution in [-0.2, 0) is 16.0 Å². The lowest BCUT2D eigenvalue weighted by Gasteiger charge is -2.50. The van der Waals surface area contributed by atoms with E-state index in [9.17, 15) is 9.59 Å². The standard InChI is InChI=1S/C26H31N5O3S/c1-34-22-14-8-6-12-20(22)27-23(32)17-35-26-29-28-25-30(16-15-18-9-3-2-4-10-18)24(33)19-11-5-7-13-21(19)31(25)26/h2-4,6,8-10,12,14,19,21,25,28H,5,7,11,13,15-17H2,1H3,(H,27,32). The Kier molecular flexibility index (Phi) is 7.13. The summed E-state index contributed by atoms with van der Waals surface area (Å²) in [6.45, 7) is 0.627. The summed E-state index contributed by atoms with van der Waals surface area (Å²) < 4.78 is 5.33. The van der Waals surface area contributed by atoms with Gasteiger partial charge in [0.2, 0.25) is 11.8 Å². The maximum absolute atomic E-state index is 13.5. The van der Waals surface area contributed by atoms with E-state index in [2.05, 4.69) is 32.9 Å². The predicted molar refractivity (Wildman–Crippen MR) is 138 cm³/mol. The minimum atomic E-state index is -0.301. The molecule has 3 aliphatic rings. The number of benzene rings is 2. The number of nitrogens with zero attached hydrogens (tertiary/aromatic N) is 3. The van der Waals surface area contributed by atoms with Crippen LogP contribution in [0.2, 0.25) is 0 Å². The fourth-order valence-corrected chi connectivity index (χ4v) is 6.08. The number of hydrazone groups is 1. The molecule has 2 amide bonds. The van der Waals surface area contributed by atoms with Gasteiger partial charge in [0.25, 0.3) is 0 Å². The van der Waals surface area contributed by atoms with Crippen LogP contribution in [0, 0.1) is 5.92 Å². The van der Waals surface area contributed by atoms with Gasteiger partial charge in [0, 0.05) is 12.6 Å². The van der Waals surface area contributed by atoms with Gasteiger partial charge < -0.3 is 19.9 Å². The number of para-hydroxylation sites is 2. The second-order valence-corrected chi connectivity index (χ2v) is 10.0. The first kappa shape index (κ1) is 23.5. The van der Waals surface area contributed by atoms with E-state index >= 15 is 0 Å². The highest BCUT2D eigenvalue weighted by Crippen LogP contribution is 2.39. The van der Waals surface area contributed by atoms with Crippen LogP contribution < -0.4 is 15.5 Å². The van der Waals surface area contributed by atoms with E-state index in [1.54, 1.807) is 7.11 Å². The Hall–Kier alpha value is -3.20. The molecule has 2 aromatic carbocycles. The molecule has 2 heterocycles. The van der Waals surface area contributed by atoms with Crippen LogP contribution in [0.4, 0.5) is 5.69 Å². The molecule has 0 bridgehead atoms. The molecule has 3 unspecified atom stereocenters. The molecule has 1 saturated heterocycles. The number of ether oxygens (including phenoxy) is 1. The number of nitrogens with one attached hydrogen (secondary N) is 2. The minimum absolute atomic E-state index is 0.0242. The van der Waals surface area contributed by atoms with Crippen molar-refractivity contribution >= 4 is 34.4 Å². The number of hydrogen-bond acceptors (Lipinski definition) is 7. The number of fused-ring (bicyclic) bond motifs is 3. The Morgan fingerprint density at radius 3 is 2.74 bits per heavy atom. The van der Waals surface area contributed by atoms with Crippen molar-refractivity contribution in [2.24, 2.45) is 11.0 Å². The van der Waals surface area contributed by atoms with Gasteiger partial charge >= 0.3 is 0 Å². The molecule has 2 aliphatic heterocycles. The van der Waals surface area contributed by atoms with E-state index < -0.39 is 0 Å². The lowest BCUT2D eigenvalue weighted by molar-refractivity contribution is -0.155. The topological polar surface area (TPSA) is 86.3 Å². The van der Waals surface area contributed by atoms with E-state index in [-0.39, 0.29) is 35.8 Å². The van der Waals surface area contributed by atoms with Crippen molar-refractivity contribution in [2.75, 3.05) is 24.7 Å². The fourth-order valence-electron chi connectivity index (χ4n) is 5.24. The van der Waals surface area contributed by atoms with Crippen LogP contribution >= 0.6 is 11.8 Å². The maximum atomic E-state index is 13.5. The van der Waals surface area contributed by atoms with Gasteiger partial charge in [0.1, 0.15) is 5.75 Å². The molecule has 3 atom stereocenters. The van der Waals surface area contributed by atoms with E-state index in [0.29, 0.717) is 18.0 Å². The first-order chi connectivity index (χ1) is 17.2. The highest BCUT2D eigenvalue weighted by molar-refractivity contribution is 8.14. The van der Waals surface area contributed by atoms with Crippen molar-refractivity contribution in [1.29, 1.82) is 0 Å². The first-order valence-electron chi connectivity index (χ1n) is 12.2. The Morgan fingerprint density at radius 2 is 1.91 bits per heavy atom. The summed E-state index contributed by atoms with van der Waals surface area (Å²) in [7, 11) is 1.58. The van der Waals surface area contributed by atoms with E-state index in [1.807, 2.05) is 47.4 Å². The van der Waals surface area contributed by atoms with Gasteiger partial charge in [-0.1, -0.05) is 67.1 Å². The third kappa shape index (κ3) is 4.96. The van der Waals surface area contributed by atoms with Gasteiger partial charge in [-0.15, -0.1) is 0 Å². The third-order valence-electron chi connectivity index (χ3n) is 6.94. The maximum Gasteiger partial charge on any atom is 0.234 e. The smallest absolute Gasteiger partial charge is 0.234 e. The number of rotatable bonds is 7. The van der Waals surface area contributed by atoms with Crippen LogP contribution in [-0.4, -0.2) is 58.5 Å².